The molecule has 0 saturated heterocycles. The number of carbonyl (C=O) groups excluding carboxylic acids is 1. The van der Waals surface area contributed by atoms with Crippen LogP contribution in [0.25, 0.3) is 0 Å². The van der Waals surface area contributed by atoms with Crippen LogP contribution in [0.15, 0.2) is 48.5 Å². The van der Waals surface area contributed by atoms with E-state index < -0.39 is 0 Å². The molecule has 5 heteroatoms. The Kier molecular flexibility index (Phi) is 7.79. The molecule has 0 heterocycles. The number of amides is 1. The van der Waals surface area contributed by atoms with Crippen molar-refractivity contribution in [1.82, 2.24) is 0 Å². The number of para-hydroxylation sites is 1. The number of hydrogen-bond donors (Lipinski definition) is 1. The molecule has 0 unspecified atom stereocenters. The second-order valence-corrected chi connectivity index (χ2v) is 5.52. The second kappa shape index (κ2) is 10.4. The predicted molar refractivity (Wildman–Crippen MR) is 98.6 cm³/mol. The number of rotatable bonds is 10. The molecule has 25 heavy (non-hydrogen) atoms. The zero-order chi connectivity index (χ0) is 17.9. The van der Waals surface area contributed by atoms with Gasteiger partial charge in [0.05, 0.1) is 18.8 Å². The summed E-state index contributed by atoms with van der Waals surface area (Å²) < 4.78 is 16.2. The van der Waals surface area contributed by atoms with Crippen molar-refractivity contribution < 1.29 is 19.0 Å². The van der Waals surface area contributed by atoms with Gasteiger partial charge in [-0.05, 0) is 42.8 Å². The number of anilines is 1. The Bertz CT molecular complexity index is 655. The molecule has 0 saturated carbocycles. The van der Waals surface area contributed by atoms with Gasteiger partial charge in [0, 0.05) is 12.8 Å². The lowest BCUT2D eigenvalue weighted by Crippen LogP contribution is -2.14. The molecule has 0 radical (unpaired) electrons. The Morgan fingerprint density at radius 1 is 0.960 bits per heavy atom. The first kappa shape index (κ1) is 18.8. The molecule has 0 atom stereocenters. The van der Waals surface area contributed by atoms with Crippen LogP contribution in [0.5, 0.6) is 11.5 Å². The molecule has 0 aliphatic heterocycles. The summed E-state index contributed by atoms with van der Waals surface area (Å²) in [4.78, 5) is 12.5. The Balaban J connectivity index is 1.97. The van der Waals surface area contributed by atoms with E-state index in [-0.39, 0.29) is 5.91 Å². The summed E-state index contributed by atoms with van der Waals surface area (Å²) in [5.41, 5.74) is 1.20. The normalized spacial score (nSPS) is 10.3. The highest BCUT2D eigenvalue weighted by Crippen LogP contribution is 2.21. The summed E-state index contributed by atoms with van der Waals surface area (Å²) in [5.74, 6) is 1.12. The summed E-state index contributed by atoms with van der Waals surface area (Å²) in [7, 11) is 1.61. The van der Waals surface area contributed by atoms with Crippen molar-refractivity contribution in [2.24, 2.45) is 0 Å². The molecular formula is C20H25NO4. The standard InChI is InChI=1S/C20H25NO4/c1-3-4-13-24-17-11-9-16(10-12-17)21-20(22)18-7-5-6-8-19(18)25-15-14-23-2/h5-12H,3-4,13-15H2,1-2H3,(H,21,22). The van der Waals surface area contributed by atoms with E-state index in [1.54, 1.807) is 19.2 Å². The first-order chi connectivity index (χ1) is 12.2. The zero-order valence-electron chi connectivity index (χ0n) is 14.8. The molecule has 0 aromatic heterocycles. The quantitative estimate of drug-likeness (QED) is 0.659. The topological polar surface area (TPSA) is 56.8 Å². The molecule has 1 N–H and O–H groups in total. The Morgan fingerprint density at radius 3 is 2.44 bits per heavy atom. The molecule has 0 aliphatic rings. The third-order valence-electron chi connectivity index (χ3n) is 3.56. The highest BCUT2D eigenvalue weighted by atomic mass is 16.5. The molecule has 5 nitrogen and oxygen atoms in total. The molecule has 2 rings (SSSR count). The third kappa shape index (κ3) is 6.12. The molecule has 2 aromatic carbocycles. The summed E-state index contributed by atoms with van der Waals surface area (Å²) in [6.45, 7) is 3.69. The van der Waals surface area contributed by atoms with Gasteiger partial charge >= 0.3 is 0 Å². The van der Waals surface area contributed by atoms with Crippen LogP contribution in [-0.2, 0) is 4.74 Å². The average Bonchev–Trinajstić information content (AvgIpc) is 2.64. The van der Waals surface area contributed by atoms with Crippen LogP contribution in [0, 0.1) is 0 Å². The van der Waals surface area contributed by atoms with E-state index in [9.17, 15) is 4.79 Å². The fraction of sp³-hybridized carbons (Fsp3) is 0.350. The van der Waals surface area contributed by atoms with E-state index >= 15 is 0 Å². The highest BCUT2D eigenvalue weighted by molar-refractivity contribution is 6.06. The van der Waals surface area contributed by atoms with Crippen LogP contribution in [0.2, 0.25) is 0 Å². The highest BCUT2D eigenvalue weighted by Gasteiger charge is 2.12. The van der Waals surface area contributed by atoms with Gasteiger partial charge in [0.2, 0.25) is 0 Å². The van der Waals surface area contributed by atoms with E-state index in [0.717, 1.165) is 18.6 Å². The van der Waals surface area contributed by atoms with Crippen LogP contribution in [0.3, 0.4) is 0 Å². The van der Waals surface area contributed by atoms with Crippen molar-refractivity contribution in [1.29, 1.82) is 0 Å². The molecule has 134 valence electrons. The first-order valence-corrected chi connectivity index (χ1v) is 8.49. The lowest BCUT2D eigenvalue weighted by atomic mass is 10.2. The smallest absolute Gasteiger partial charge is 0.259 e. The van der Waals surface area contributed by atoms with Crippen LogP contribution in [-0.4, -0.2) is 32.8 Å². The van der Waals surface area contributed by atoms with E-state index in [2.05, 4.69) is 12.2 Å². The van der Waals surface area contributed by atoms with Crippen LogP contribution in [0.4, 0.5) is 5.69 Å². The third-order valence-corrected chi connectivity index (χ3v) is 3.56. The van der Waals surface area contributed by atoms with Crippen molar-refractivity contribution in [3.8, 4) is 11.5 Å². The van der Waals surface area contributed by atoms with Crippen LogP contribution >= 0.6 is 0 Å². The monoisotopic (exact) mass is 343 g/mol. The van der Waals surface area contributed by atoms with Gasteiger partial charge in [-0.15, -0.1) is 0 Å². The maximum atomic E-state index is 12.5. The average molecular weight is 343 g/mol. The van der Waals surface area contributed by atoms with Crippen molar-refractivity contribution in [3.05, 3.63) is 54.1 Å². The van der Waals surface area contributed by atoms with Crippen molar-refractivity contribution >= 4 is 11.6 Å². The molecule has 0 aliphatic carbocycles. The van der Waals surface area contributed by atoms with Crippen LogP contribution < -0.4 is 14.8 Å². The van der Waals surface area contributed by atoms with Gasteiger partial charge < -0.3 is 19.5 Å². The predicted octanol–water partition coefficient (Wildman–Crippen LogP) is 4.14. The van der Waals surface area contributed by atoms with Crippen molar-refractivity contribution in [2.75, 3.05) is 32.2 Å². The summed E-state index contributed by atoms with van der Waals surface area (Å²) in [5, 5.41) is 2.88. The van der Waals surface area contributed by atoms with Gasteiger partial charge in [0.15, 0.2) is 0 Å². The van der Waals surface area contributed by atoms with Crippen molar-refractivity contribution in [3.63, 3.8) is 0 Å². The van der Waals surface area contributed by atoms with E-state index in [4.69, 9.17) is 14.2 Å². The number of ether oxygens (including phenoxy) is 3. The van der Waals surface area contributed by atoms with Gasteiger partial charge in [-0.25, -0.2) is 0 Å². The first-order valence-electron chi connectivity index (χ1n) is 8.49. The molecule has 0 fully saturated rings. The minimum Gasteiger partial charge on any atom is -0.494 e. The zero-order valence-corrected chi connectivity index (χ0v) is 14.8. The second-order valence-electron chi connectivity index (χ2n) is 5.52. The fourth-order valence-corrected chi connectivity index (χ4v) is 2.18. The lowest BCUT2D eigenvalue weighted by Gasteiger charge is -2.12. The van der Waals surface area contributed by atoms with Crippen molar-refractivity contribution in [2.45, 2.75) is 19.8 Å². The van der Waals surface area contributed by atoms with Crippen LogP contribution in [0.1, 0.15) is 30.1 Å². The summed E-state index contributed by atoms with van der Waals surface area (Å²) in [6.07, 6.45) is 2.12. The Hall–Kier alpha value is -2.53. The van der Waals surface area contributed by atoms with Gasteiger partial charge in [-0.3, -0.25) is 4.79 Å². The molecular weight excluding hydrogens is 318 g/mol. The number of unbranched alkanes of at least 4 members (excludes halogenated alkanes) is 1. The Labute approximate surface area is 148 Å². The number of benzene rings is 2. The molecule has 0 bridgehead atoms. The molecule has 1 amide bonds. The van der Waals surface area contributed by atoms with E-state index in [1.165, 1.54) is 0 Å². The van der Waals surface area contributed by atoms with Gasteiger partial charge in [-0.2, -0.15) is 0 Å². The molecule has 2 aromatic rings. The largest absolute Gasteiger partial charge is 0.494 e. The fourth-order valence-electron chi connectivity index (χ4n) is 2.18. The van der Waals surface area contributed by atoms with Gasteiger partial charge in [-0.1, -0.05) is 25.5 Å². The number of carbonyl (C=O) groups is 1. The summed E-state index contributed by atoms with van der Waals surface area (Å²) >= 11 is 0. The minimum atomic E-state index is -0.215. The maximum Gasteiger partial charge on any atom is 0.259 e. The summed E-state index contributed by atoms with van der Waals surface area (Å²) in [6, 6.07) is 14.5. The van der Waals surface area contributed by atoms with E-state index in [0.29, 0.717) is 36.8 Å². The number of hydrogen-bond acceptors (Lipinski definition) is 4. The maximum absolute atomic E-state index is 12.5. The number of nitrogens with one attached hydrogen (secondary N) is 1. The van der Waals surface area contributed by atoms with Gasteiger partial charge in [0.1, 0.15) is 18.1 Å². The minimum absolute atomic E-state index is 0.215. The molecule has 0 spiro atoms. The Morgan fingerprint density at radius 2 is 1.72 bits per heavy atom. The number of methoxy groups -OCH3 is 1. The lowest BCUT2D eigenvalue weighted by molar-refractivity contribution is 0.101. The van der Waals surface area contributed by atoms with Gasteiger partial charge in [0.25, 0.3) is 5.91 Å². The van der Waals surface area contributed by atoms with E-state index in [1.807, 2.05) is 36.4 Å². The SMILES string of the molecule is CCCCOc1ccc(NC(=O)c2ccccc2OCCOC)cc1.